The van der Waals surface area contributed by atoms with Gasteiger partial charge < -0.3 is 10.0 Å². The van der Waals surface area contributed by atoms with E-state index in [9.17, 15) is 18.0 Å². The Morgan fingerprint density at radius 1 is 1.17 bits per heavy atom. The lowest BCUT2D eigenvalue weighted by atomic mass is 10.1. The van der Waals surface area contributed by atoms with Crippen molar-refractivity contribution in [3.05, 3.63) is 29.8 Å². The number of carboxylic acids is 1. The van der Waals surface area contributed by atoms with Gasteiger partial charge in [-0.2, -0.15) is 0 Å². The minimum absolute atomic E-state index is 0.0256. The summed E-state index contributed by atoms with van der Waals surface area (Å²) in [5.74, 6) is -1.18. The van der Waals surface area contributed by atoms with E-state index in [-0.39, 0.29) is 29.3 Å². The zero-order valence-electron chi connectivity index (χ0n) is 13.1. The van der Waals surface area contributed by atoms with E-state index in [1.807, 2.05) is 0 Å². The number of carbonyl (C=O) groups excluding carboxylic acids is 1. The molecule has 1 amide bonds. The molecule has 1 aromatic rings. The number of carbonyl (C=O) groups is 2. The van der Waals surface area contributed by atoms with E-state index in [1.54, 1.807) is 4.90 Å². The number of hydrogen-bond donors (Lipinski definition) is 2. The molecule has 1 aliphatic carbocycles. The lowest BCUT2D eigenvalue weighted by Crippen LogP contribution is -2.36. The van der Waals surface area contributed by atoms with Crippen LogP contribution in [-0.4, -0.2) is 48.9 Å². The molecule has 7 nitrogen and oxygen atoms in total. The summed E-state index contributed by atoms with van der Waals surface area (Å²) in [6, 6.07) is 5.54. The summed E-state index contributed by atoms with van der Waals surface area (Å²) in [4.78, 5) is 25.2. The van der Waals surface area contributed by atoms with Crippen LogP contribution in [0.25, 0.3) is 0 Å². The third-order valence-electron chi connectivity index (χ3n) is 4.36. The van der Waals surface area contributed by atoms with Crippen molar-refractivity contribution in [1.29, 1.82) is 0 Å². The van der Waals surface area contributed by atoms with Crippen molar-refractivity contribution < 1.29 is 23.1 Å². The standard InChI is InChI=1S/C16H20N2O5S/c19-15(20)10-13-2-1-9-18(13)16(21)11-3-7-14(8-4-11)24(22,23)17-12-5-6-12/h3-4,7-8,12-13,17H,1-2,5-6,9-10H2,(H,19,20). The molecule has 2 aliphatic rings. The number of likely N-dealkylation sites (tertiary alicyclic amines) is 1. The molecule has 1 aromatic carbocycles. The molecule has 1 heterocycles. The van der Waals surface area contributed by atoms with Crippen molar-refractivity contribution in [2.75, 3.05) is 6.54 Å². The highest BCUT2D eigenvalue weighted by Crippen LogP contribution is 2.24. The number of benzene rings is 1. The first-order chi connectivity index (χ1) is 11.4. The highest BCUT2D eigenvalue weighted by atomic mass is 32.2. The van der Waals surface area contributed by atoms with E-state index >= 15 is 0 Å². The van der Waals surface area contributed by atoms with Gasteiger partial charge in [0.05, 0.1) is 11.3 Å². The quantitative estimate of drug-likeness (QED) is 0.801. The van der Waals surface area contributed by atoms with Gasteiger partial charge in [0.25, 0.3) is 5.91 Å². The van der Waals surface area contributed by atoms with Crippen LogP contribution in [-0.2, 0) is 14.8 Å². The molecule has 130 valence electrons. The molecular weight excluding hydrogens is 332 g/mol. The molecule has 3 rings (SSSR count). The van der Waals surface area contributed by atoms with Gasteiger partial charge in [0, 0.05) is 24.2 Å². The van der Waals surface area contributed by atoms with E-state index < -0.39 is 16.0 Å². The van der Waals surface area contributed by atoms with Gasteiger partial charge in [-0.15, -0.1) is 0 Å². The van der Waals surface area contributed by atoms with Crippen LogP contribution in [0, 0.1) is 0 Å². The number of rotatable bonds is 6. The Bertz CT molecular complexity index is 740. The van der Waals surface area contributed by atoms with Crippen molar-refractivity contribution in [3.63, 3.8) is 0 Å². The molecule has 1 unspecified atom stereocenters. The number of nitrogens with zero attached hydrogens (tertiary/aromatic N) is 1. The molecule has 2 N–H and O–H groups in total. The minimum atomic E-state index is -3.54. The fourth-order valence-corrected chi connectivity index (χ4v) is 4.25. The average Bonchev–Trinajstić information content (AvgIpc) is 3.21. The van der Waals surface area contributed by atoms with E-state index in [0.29, 0.717) is 18.5 Å². The molecule has 1 aliphatic heterocycles. The second-order valence-electron chi connectivity index (χ2n) is 6.31. The van der Waals surface area contributed by atoms with Gasteiger partial charge in [0.2, 0.25) is 10.0 Å². The number of hydrogen-bond acceptors (Lipinski definition) is 4. The molecule has 1 atom stereocenters. The normalized spacial score (nSPS) is 21.0. The summed E-state index contributed by atoms with van der Waals surface area (Å²) in [5.41, 5.74) is 0.373. The fraction of sp³-hybridized carbons (Fsp3) is 0.500. The second kappa shape index (κ2) is 6.52. The SMILES string of the molecule is O=C(O)CC1CCCN1C(=O)c1ccc(S(=O)(=O)NC2CC2)cc1. The van der Waals surface area contributed by atoms with Gasteiger partial charge >= 0.3 is 5.97 Å². The van der Waals surface area contributed by atoms with Gasteiger partial charge in [-0.3, -0.25) is 9.59 Å². The maximum absolute atomic E-state index is 12.6. The first-order valence-corrected chi connectivity index (χ1v) is 9.50. The van der Waals surface area contributed by atoms with E-state index in [1.165, 1.54) is 24.3 Å². The van der Waals surface area contributed by atoms with Crippen molar-refractivity contribution in [2.24, 2.45) is 0 Å². The van der Waals surface area contributed by atoms with Gasteiger partial charge in [-0.05, 0) is 49.9 Å². The fourth-order valence-electron chi connectivity index (χ4n) is 2.95. The van der Waals surface area contributed by atoms with Crippen molar-refractivity contribution in [3.8, 4) is 0 Å². The Kier molecular flexibility index (Phi) is 4.60. The van der Waals surface area contributed by atoms with E-state index in [2.05, 4.69) is 4.72 Å². The number of amides is 1. The maximum atomic E-state index is 12.6. The van der Waals surface area contributed by atoms with E-state index in [0.717, 1.165) is 19.3 Å². The topological polar surface area (TPSA) is 104 Å². The summed E-state index contributed by atoms with van der Waals surface area (Å²) in [7, 11) is -3.54. The Hall–Kier alpha value is -1.93. The van der Waals surface area contributed by atoms with Crippen LogP contribution < -0.4 is 4.72 Å². The summed E-state index contributed by atoms with van der Waals surface area (Å²) in [6.45, 7) is 0.528. The Morgan fingerprint density at radius 3 is 2.42 bits per heavy atom. The highest BCUT2D eigenvalue weighted by Gasteiger charge is 2.31. The average molecular weight is 352 g/mol. The van der Waals surface area contributed by atoms with E-state index in [4.69, 9.17) is 5.11 Å². The minimum Gasteiger partial charge on any atom is -0.481 e. The molecule has 8 heteroatoms. The molecule has 0 spiro atoms. The summed E-state index contributed by atoms with van der Waals surface area (Å²) in [6.07, 6.45) is 3.10. The van der Waals surface area contributed by atoms with Crippen LogP contribution in [0.1, 0.15) is 42.5 Å². The monoisotopic (exact) mass is 352 g/mol. The zero-order chi connectivity index (χ0) is 17.3. The van der Waals surface area contributed by atoms with Crippen molar-refractivity contribution >= 4 is 21.9 Å². The lowest BCUT2D eigenvalue weighted by molar-refractivity contribution is -0.137. The van der Waals surface area contributed by atoms with Crippen LogP contribution in [0.2, 0.25) is 0 Å². The molecular formula is C16H20N2O5S. The molecule has 1 saturated carbocycles. The summed E-state index contributed by atoms with van der Waals surface area (Å²) in [5, 5.41) is 8.94. The molecule has 1 saturated heterocycles. The largest absolute Gasteiger partial charge is 0.481 e. The first-order valence-electron chi connectivity index (χ1n) is 8.02. The smallest absolute Gasteiger partial charge is 0.305 e. The van der Waals surface area contributed by atoms with Gasteiger partial charge in [-0.1, -0.05) is 0 Å². The molecule has 24 heavy (non-hydrogen) atoms. The van der Waals surface area contributed by atoms with Crippen molar-refractivity contribution in [1.82, 2.24) is 9.62 Å². The molecule has 0 radical (unpaired) electrons. The van der Waals surface area contributed by atoms with Crippen LogP contribution >= 0.6 is 0 Å². The second-order valence-corrected chi connectivity index (χ2v) is 8.03. The molecule has 2 fully saturated rings. The van der Waals surface area contributed by atoms with Crippen LogP contribution in [0.3, 0.4) is 0 Å². The number of carboxylic acid groups (broad SMARTS) is 1. The summed E-state index contributed by atoms with van der Waals surface area (Å²) < 4.78 is 26.8. The number of sulfonamides is 1. The first kappa shape index (κ1) is 16.9. The maximum Gasteiger partial charge on any atom is 0.305 e. The predicted octanol–water partition coefficient (Wildman–Crippen LogP) is 1.21. The summed E-state index contributed by atoms with van der Waals surface area (Å²) >= 11 is 0. The molecule has 0 bridgehead atoms. The zero-order valence-corrected chi connectivity index (χ0v) is 14.0. The van der Waals surface area contributed by atoms with Gasteiger partial charge in [0.1, 0.15) is 0 Å². The third-order valence-corrected chi connectivity index (χ3v) is 5.90. The lowest BCUT2D eigenvalue weighted by Gasteiger charge is -2.23. The number of aliphatic carboxylic acids is 1. The Morgan fingerprint density at radius 2 is 1.83 bits per heavy atom. The Balaban J connectivity index is 1.72. The van der Waals surface area contributed by atoms with Crippen LogP contribution in [0.4, 0.5) is 0 Å². The third kappa shape index (κ3) is 3.76. The Labute approximate surface area is 140 Å². The number of nitrogens with one attached hydrogen (secondary N) is 1. The van der Waals surface area contributed by atoms with Gasteiger partial charge in [-0.25, -0.2) is 13.1 Å². The van der Waals surface area contributed by atoms with Gasteiger partial charge in [0.15, 0.2) is 0 Å². The van der Waals surface area contributed by atoms with Crippen LogP contribution in [0.5, 0.6) is 0 Å². The predicted molar refractivity (Wildman–Crippen MR) is 86.1 cm³/mol. The van der Waals surface area contributed by atoms with Crippen LogP contribution in [0.15, 0.2) is 29.2 Å². The highest BCUT2D eigenvalue weighted by molar-refractivity contribution is 7.89. The molecule has 0 aromatic heterocycles. The van der Waals surface area contributed by atoms with Crippen molar-refractivity contribution in [2.45, 2.75) is 49.1 Å².